The predicted molar refractivity (Wildman–Crippen MR) is 78.2 cm³/mol. The topological polar surface area (TPSA) is 102 Å². The molecular formula is C13H20N3O4-. The minimum Gasteiger partial charge on any atom is -0.733 e. The van der Waals surface area contributed by atoms with E-state index in [-0.39, 0.29) is 28.3 Å². The van der Waals surface area contributed by atoms with Crippen molar-refractivity contribution in [2.75, 3.05) is 10.5 Å². The standard InChI is InChI=1S/C13H20N3O4/c1-5-10(6-2)14-12-11(15(17)18)7-8(3)9(4)13(12)16(19)20/h7,10,14,19H,5-6H2,1-4H3/q-1. The fraction of sp³-hybridized carbons (Fsp3) is 0.538. The van der Waals surface area contributed by atoms with E-state index in [2.05, 4.69) is 5.32 Å². The fourth-order valence-corrected chi connectivity index (χ4v) is 2.10. The van der Waals surface area contributed by atoms with Crippen molar-refractivity contribution in [2.45, 2.75) is 46.6 Å². The zero-order chi connectivity index (χ0) is 15.4. The first kappa shape index (κ1) is 16.2. The van der Waals surface area contributed by atoms with E-state index in [0.717, 1.165) is 12.8 Å². The summed E-state index contributed by atoms with van der Waals surface area (Å²) in [6, 6.07) is 1.40. The first-order chi connectivity index (χ1) is 9.33. The Morgan fingerprint density at radius 3 is 2.35 bits per heavy atom. The summed E-state index contributed by atoms with van der Waals surface area (Å²) in [5.41, 5.74) is 0.871. The molecule has 0 saturated carbocycles. The van der Waals surface area contributed by atoms with Crippen LogP contribution in [-0.2, 0) is 0 Å². The summed E-state index contributed by atoms with van der Waals surface area (Å²) in [4.78, 5) is 10.6. The molecule has 0 aromatic heterocycles. The van der Waals surface area contributed by atoms with E-state index in [1.54, 1.807) is 13.8 Å². The normalized spacial score (nSPS) is 10.8. The molecule has 0 atom stereocenters. The average Bonchev–Trinajstić information content (AvgIpc) is 2.38. The summed E-state index contributed by atoms with van der Waals surface area (Å²) < 4.78 is 0. The van der Waals surface area contributed by atoms with Gasteiger partial charge < -0.3 is 15.8 Å². The highest BCUT2D eigenvalue weighted by molar-refractivity contribution is 5.83. The van der Waals surface area contributed by atoms with Gasteiger partial charge in [0.15, 0.2) is 0 Å². The third-order valence-corrected chi connectivity index (χ3v) is 3.51. The Morgan fingerprint density at radius 2 is 1.95 bits per heavy atom. The molecule has 0 unspecified atom stereocenters. The number of nitro benzene ring substituents is 1. The molecule has 0 spiro atoms. The van der Waals surface area contributed by atoms with Crippen molar-refractivity contribution in [2.24, 2.45) is 0 Å². The second-order valence-corrected chi connectivity index (χ2v) is 4.75. The Labute approximate surface area is 117 Å². The number of rotatable bonds is 6. The Bertz CT molecular complexity index is 499. The van der Waals surface area contributed by atoms with Crippen LogP contribution < -0.4 is 10.5 Å². The van der Waals surface area contributed by atoms with Crippen LogP contribution in [-0.4, -0.2) is 16.2 Å². The smallest absolute Gasteiger partial charge is 0.294 e. The predicted octanol–water partition coefficient (Wildman–Crippen LogP) is 3.51. The molecule has 112 valence electrons. The van der Waals surface area contributed by atoms with Crippen molar-refractivity contribution < 1.29 is 10.1 Å². The number of aryl methyl sites for hydroxylation is 1. The van der Waals surface area contributed by atoms with Gasteiger partial charge in [0.1, 0.15) is 5.69 Å². The van der Waals surface area contributed by atoms with Gasteiger partial charge in [-0.25, -0.2) is 0 Å². The summed E-state index contributed by atoms with van der Waals surface area (Å²) >= 11 is 0. The van der Waals surface area contributed by atoms with Gasteiger partial charge in [0.25, 0.3) is 5.69 Å². The summed E-state index contributed by atoms with van der Waals surface area (Å²) in [5.74, 6) is 0. The maximum Gasteiger partial charge on any atom is 0.294 e. The maximum atomic E-state index is 11.4. The fourth-order valence-electron chi connectivity index (χ4n) is 2.10. The first-order valence-electron chi connectivity index (χ1n) is 6.54. The average molecular weight is 282 g/mol. The molecule has 2 N–H and O–H groups in total. The molecule has 7 heteroatoms. The first-order valence-corrected chi connectivity index (χ1v) is 6.54. The van der Waals surface area contributed by atoms with Crippen molar-refractivity contribution in [3.8, 4) is 0 Å². The van der Waals surface area contributed by atoms with Crippen LogP contribution in [0.2, 0.25) is 0 Å². The van der Waals surface area contributed by atoms with Gasteiger partial charge in [0.05, 0.1) is 10.6 Å². The van der Waals surface area contributed by atoms with Crippen molar-refractivity contribution in [3.05, 3.63) is 32.5 Å². The number of nitrogens with zero attached hydrogens (tertiary/aromatic N) is 2. The number of anilines is 2. The van der Waals surface area contributed by atoms with E-state index in [1.165, 1.54) is 6.07 Å². The summed E-state index contributed by atoms with van der Waals surface area (Å²) in [6.07, 6.45) is 1.51. The lowest BCUT2D eigenvalue weighted by molar-refractivity contribution is -0.384. The lowest BCUT2D eigenvalue weighted by Gasteiger charge is -2.29. The molecule has 7 nitrogen and oxygen atoms in total. The van der Waals surface area contributed by atoms with E-state index in [0.29, 0.717) is 11.1 Å². The molecule has 0 heterocycles. The van der Waals surface area contributed by atoms with Crippen LogP contribution in [0.3, 0.4) is 0 Å². The second-order valence-electron chi connectivity index (χ2n) is 4.75. The minimum absolute atomic E-state index is 0.00509. The van der Waals surface area contributed by atoms with Gasteiger partial charge in [-0.3, -0.25) is 15.3 Å². The monoisotopic (exact) mass is 282 g/mol. The number of hydrogen-bond donors (Lipinski definition) is 2. The van der Waals surface area contributed by atoms with Gasteiger partial charge in [-0.05, 0) is 37.8 Å². The molecule has 0 bridgehead atoms. The van der Waals surface area contributed by atoms with Gasteiger partial charge >= 0.3 is 0 Å². The SMILES string of the molecule is CCC(CC)Nc1c([N+](=O)[O-])cc(C)c(C)c1N([O-])O. The largest absolute Gasteiger partial charge is 0.733 e. The molecule has 0 aliphatic heterocycles. The third kappa shape index (κ3) is 3.17. The van der Waals surface area contributed by atoms with Crippen LogP contribution >= 0.6 is 0 Å². The molecular weight excluding hydrogens is 262 g/mol. The Hall–Kier alpha value is -1.86. The van der Waals surface area contributed by atoms with Crippen LogP contribution in [0, 0.1) is 29.2 Å². The zero-order valence-electron chi connectivity index (χ0n) is 12.1. The molecule has 0 saturated heterocycles. The van der Waals surface area contributed by atoms with Gasteiger partial charge in [0.2, 0.25) is 0 Å². The zero-order valence-corrected chi connectivity index (χ0v) is 12.1. The van der Waals surface area contributed by atoms with E-state index in [9.17, 15) is 20.5 Å². The molecule has 20 heavy (non-hydrogen) atoms. The van der Waals surface area contributed by atoms with Crippen molar-refractivity contribution in [1.29, 1.82) is 0 Å². The highest BCUT2D eigenvalue weighted by atomic mass is 16.8. The second kappa shape index (κ2) is 6.53. The maximum absolute atomic E-state index is 11.4. The number of hydrogen-bond acceptors (Lipinski definition) is 6. The van der Waals surface area contributed by atoms with Crippen LogP contribution in [0.4, 0.5) is 17.1 Å². The number of nitrogens with one attached hydrogen (secondary N) is 1. The molecule has 0 amide bonds. The van der Waals surface area contributed by atoms with Crippen LogP contribution in [0.1, 0.15) is 37.8 Å². The van der Waals surface area contributed by atoms with Gasteiger partial charge in [-0.2, -0.15) is 0 Å². The summed E-state index contributed by atoms with van der Waals surface area (Å²) in [5, 5.41) is 34.6. The van der Waals surface area contributed by atoms with Crippen LogP contribution in [0.25, 0.3) is 0 Å². The van der Waals surface area contributed by atoms with Gasteiger partial charge in [-0.15, -0.1) is 0 Å². The van der Waals surface area contributed by atoms with E-state index in [1.807, 2.05) is 13.8 Å². The van der Waals surface area contributed by atoms with E-state index in [4.69, 9.17) is 0 Å². The summed E-state index contributed by atoms with van der Waals surface area (Å²) in [6.45, 7) is 7.20. The van der Waals surface area contributed by atoms with Crippen molar-refractivity contribution >= 4 is 17.1 Å². The highest BCUT2D eigenvalue weighted by Gasteiger charge is 2.23. The van der Waals surface area contributed by atoms with Crippen LogP contribution in [0.5, 0.6) is 0 Å². The molecule has 1 aromatic carbocycles. The Balaban J connectivity index is 3.50. The van der Waals surface area contributed by atoms with Crippen molar-refractivity contribution in [1.82, 2.24) is 0 Å². The Kier molecular flexibility index (Phi) is 5.29. The molecule has 0 aliphatic carbocycles. The van der Waals surface area contributed by atoms with Crippen molar-refractivity contribution in [3.63, 3.8) is 0 Å². The molecule has 0 radical (unpaired) electrons. The van der Waals surface area contributed by atoms with Gasteiger partial charge in [-0.1, -0.05) is 13.8 Å². The lowest BCUT2D eigenvalue weighted by atomic mass is 10.0. The number of nitro groups is 1. The quantitative estimate of drug-likeness (QED) is 0.611. The van der Waals surface area contributed by atoms with Gasteiger partial charge in [0, 0.05) is 12.1 Å². The number of benzene rings is 1. The highest BCUT2D eigenvalue weighted by Crippen LogP contribution is 2.39. The lowest BCUT2D eigenvalue weighted by Crippen LogP contribution is -2.21. The van der Waals surface area contributed by atoms with Crippen LogP contribution in [0.15, 0.2) is 6.07 Å². The molecule has 0 aliphatic rings. The molecule has 1 rings (SSSR count). The molecule has 0 fully saturated rings. The van der Waals surface area contributed by atoms with E-state index >= 15 is 0 Å². The minimum atomic E-state index is -0.551. The summed E-state index contributed by atoms with van der Waals surface area (Å²) in [7, 11) is 0. The van der Waals surface area contributed by atoms with E-state index < -0.39 is 4.92 Å². The molecule has 1 aromatic rings. The third-order valence-electron chi connectivity index (χ3n) is 3.51. The Morgan fingerprint density at radius 1 is 1.40 bits per heavy atom.